The molecule has 1 heterocycles. The van der Waals surface area contributed by atoms with Crippen LogP contribution in [0.25, 0.3) is 10.8 Å². The Labute approximate surface area is 200 Å². The third-order valence-corrected chi connectivity index (χ3v) is 9.43. The first-order chi connectivity index (χ1) is 16.1. The van der Waals surface area contributed by atoms with Gasteiger partial charge in [0.2, 0.25) is 26.0 Å². The van der Waals surface area contributed by atoms with E-state index in [4.69, 9.17) is 0 Å². The van der Waals surface area contributed by atoms with E-state index in [1.165, 1.54) is 23.5 Å². The molecule has 0 radical (unpaired) electrons. The number of benzene rings is 3. The third-order valence-electron chi connectivity index (χ3n) is 6.16. The predicted octanol–water partition coefficient (Wildman–Crippen LogP) is 3.10. The maximum absolute atomic E-state index is 13.3. The number of anilines is 1. The lowest BCUT2D eigenvalue weighted by Gasteiger charge is -2.31. The van der Waals surface area contributed by atoms with Crippen molar-refractivity contribution in [1.82, 2.24) is 9.03 Å². The summed E-state index contributed by atoms with van der Waals surface area (Å²) >= 11 is 0. The van der Waals surface area contributed by atoms with Crippen molar-refractivity contribution in [3.8, 4) is 0 Å². The summed E-state index contributed by atoms with van der Waals surface area (Å²) in [4.78, 5) is 13.3. The molecule has 1 fully saturated rings. The monoisotopic (exact) mass is 501 g/mol. The molecule has 0 saturated carbocycles. The second-order valence-electron chi connectivity index (χ2n) is 8.38. The van der Waals surface area contributed by atoms with Gasteiger partial charge in [-0.15, -0.1) is 0 Å². The van der Waals surface area contributed by atoms with Gasteiger partial charge in [0.15, 0.2) is 0 Å². The average molecular weight is 502 g/mol. The van der Waals surface area contributed by atoms with Crippen LogP contribution in [0.3, 0.4) is 0 Å². The number of hydrogen-bond donors (Lipinski definition) is 2. The van der Waals surface area contributed by atoms with Gasteiger partial charge < -0.3 is 5.32 Å². The van der Waals surface area contributed by atoms with E-state index >= 15 is 0 Å². The lowest BCUT2D eigenvalue weighted by molar-refractivity contribution is -0.120. The van der Waals surface area contributed by atoms with Crippen LogP contribution in [0.1, 0.15) is 18.4 Å². The van der Waals surface area contributed by atoms with Gasteiger partial charge in [-0.3, -0.25) is 4.79 Å². The number of fused-ring (bicyclic) bond motifs is 1. The smallest absolute Gasteiger partial charge is 0.243 e. The second kappa shape index (κ2) is 9.46. The third kappa shape index (κ3) is 4.85. The van der Waals surface area contributed by atoms with Crippen LogP contribution >= 0.6 is 0 Å². The summed E-state index contributed by atoms with van der Waals surface area (Å²) in [6.07, 6.45) is 1.10. The summed E-state index contributed by atoms with van der Waals surface area (Å²) in [6.45, 7) is 2.17. The highest BCUT2D eigenvalue weighted by atomic mass is 32.2. The van der Waals surface area contributed by atoms with E-state index in [2.05, 4.69) is 10.0 Å². The molecule has 0 spiro atoms. The zero-order chi connectivity index (χ0) is 24.5. The molecule has 8 nitrogen and oxygen atoms in total. The molecule has 2 N–H and O–H groups in total. The normalized spacial score (nSPS) is 17.5. The Morgan fingerprint density at radius 3 is 2.38 bits per heavy atom. The van der Waals surface area contributed by atoms with E-state index in [1.807, 2.05) is 24.3 Å². The highest BCUT2D eigenvalue weighted by Gasteiger charge is 2.33. The Kier molecular flexibility index (Phi) is 6.77. The van der Waals surface area contributed by atoms with Crippen molar-refractivity contribution in [3.63, 3.8) is 0 Å². The summed E-state index contributed by atoms with van der Waals surface area (Å²) < 4.78 is 54.5. The van der Waals surface area contributed by atoms with Gasteiger partial charge in [0, 0.05) is 18.8 Å². The van der Waals surface area contributed by atoms with Crippen LogP contribution in [0.5, 0.6) is 0 Å². The van der Waals surface area contributed by atoms with Crippen LogP contribution in [-0.2, 0) is 24.8 Å². The quantitative estimate of drug-likeness (QED) is 0.539. The lowest BCUT2D eigenvalue weighted by Crippen LogP contribution is -2.43. The Morgan fingerprint density at radius 1 is 0.941 bits per heavy atom. The summed E-state index contributed by atoms with van der Waals surface area (Å²) in [6, 6.07) is 17.1. The van der Waals surface area contributed by atoms with Crippen LogP contribution in [0.2, 0.25) is 0 Å². The molecule has 3 aromatic carbocycles. The molecule has 1 amide bonds. The van der Waals surface area contributed by atoms with E-state index in [1.54, 1.807) is 31.2 Å². The van der Waals surface area contributed by atoms with Crippen molar-refractivity contribution < 1.29 is 21.6 Å². The van der Waals surface area contributed by atoms with Crippen molar-refractivity contribution >= 4 is 42.4 Å². The summed E-state index contributed by atoms with van der Waals surface area (Å²) in [7, 11) is -6.11. The van der Waals surface area contributed by atoms with Crippen molar-refractivity contribution in [2.24, 2.45) is 5.92 Å². The molecule has 0 aromatic heterocycles. The zero-order valence-electron chi connectivity index (χ0n) is 19.0. The molecule has 4 rings (SSSR count). The zero-order valence-corrected chi connectivity index (χ0v) is 20.6. The molecule has 0 bridgehead atoms. The number of carbonyl (C=O) groups excluding carboxylic acids is 1. The molecule has 34 heavy (non-hydrogen) atoms. The number of aryl methyl sites for hydroxylation is 1. The maximum atomic E-state index is 13.3. The second-order valence-corrected chi connectivity index (χ2v) is 12.2. The van der Waals surface area contributed by atoms with Crippen LogP contribution in [0, 0.1) is 12.8 Å². The van der Waals surface area contributed by atoms with Crippen molar-refractivity contribution in [1.29, 1.82) is 0 Å². The minimum atomic E-state index is -3.76. The average Bonchev–Trinajstić information content (AvgIpc) is 2.85. The van der Waals surface area contributed by atoms with Gasteiger partial charge >= 0.3 is 0 Å². The highest BCUT2D eigenvalue weighted by molar-refractivity contribution is 7.89. The Hall–Kier alpha value is -2.79. The Morgan fingerprint density at radius 2 is 1.65 bits per heavy atom. The first-order valence-corrected chi connectivity index (χ1v) is 13.9. The number of carbonyl (C=O) groups is 1. The van der Waals surface area contributed by atoms with Gasteiger partial charge in [-0.25, -0.2) is 21.6 Å². The van der Waals surface area contributed by atoms with Gasteiger partial charge in [0.25, 0.3) is 0 Å². The molecule has 180 valence electrons. The van der Waals surface area contributed by atoms with E-state index in [0.717, 1.165) is 10.8 Å². The number of amides is 1. The SMILES string of the molecule is CNS(=O)(=O)c1ccc(C)c(NC(=O)C2CCCN(S(=O)(=O)c3ccc4ccccc4c3)C2)c1. The number of hydrogen-bond acceptors (Lipinski definition) is 5. The number of nitrogens with zero attached hydrogens (tertiary/aromatic N) is 1. The maximum Gasteiger partial charge on any atom is 0.243 e. The topological polar surface area (TPSA) is 113 Å². The molecule has 3 aromatic rings. The molecule has 0 aliphatic carbocycles. The molecular weight excluding hydrogens is 474 g/mol. The number of piperidine rings is 1. The van der Waals surface area contributed by atoms with Gasteiger partial charge in [0.1, 0.15) is 0 Å². The standard InChI is InChI=1S/C24H27N3O5S2/c1-17-9-11-21(33(29,30)25-2)15-23(17)26-24(28)20-8-5-13-27(16-20)34(31,32)22-12-10-18-6-3-4-7-19(18)14-22/h3-4,6-7,9-12,14-15,20,25H,5,8,13,16H2,1-2H3,(H,26,28). The number of nitrogens with one attached hydrogen (secondary N) is 2. The number of sulfonamides is 2. The fourth-order valence-corrected chi connectivity index (χ4v) is 6.42. The first-order valence-electron chi connectivity index (χ1n) is 11.0. The molecule has 10 heteroatoms. The van der Waals surface area contributed by atoms with E-state index in [0.29, 0.717) is 30.6 Å². The van der Waals surface area contributed by atoms with Crippen molar-refractivity contribution in [3.05, 3.63) is 66.2 Å². The fraction of sp³-hybridized carbons (Fsp3) is 0.292. The van der Waals surface area contributed by atoms with Gasteiger partial charge in [-0.05, 0) is 67.4 Å². The van der Waals surface area contributed by atoms with Crippen LogP contribution in [0.15, 0.2) is 70.5 Å². The van der Waals surface area contributed by atoms with E-state index in [9.17, 15) is 21.6 Å². The highest BCUT2D eigenvalue weighted by Crippen LogP contribution is 2.28. The summed E-state index contributed by atoms with van der Waals surface area (Å²) in [5, 5.41) is 4.59. The van der Waals surface area contributed by atoms with Gasteiger partial charge in [0.05, 0.1) is 15.7 Å². The van der Waals surface area contributed by atoms with E-state index < -0.39 is 26.0 Å². The lowest BCUT2D eigenvalue weighted by atomic mass is 9.98. The molecule has 1 atom stereocenters. The van der Waals surface area contributed by atoms with Crippen molar-refractivity contribution in [2.75, 3.05) is 25.5 Å². The first kappa shape index (κ1) is 24.3. The molecule has 1 aliphatic heterocycles. The largest absolute Gasteiger partial charge is 0.326 e. The van der Waals surface area contributed by atoms with Crippen LogP contribution < -0.4 is 10.0 Å². The number of rotatable bonds is 6. The molecule has 1 unspecified atom stereocenters. The minimum absolute atomic E-state index is 0.0417. The van der Waals surface area contributed by atoms with Crippen LogP contribution in [0.4, 0.5) is 5.69 Å². The van der Waals surface area contributed by atoms with Gasteiger partial charge in [-0.2, -0.15) is 4.31 Å². The summed E-state index contributed by atoms with van der Waals surface area (Å²) in [5.41, 5.74) is 1.09. The molecule has 1 saturated heterocycles. The minimum Gasteiger partial charge on any atom is -0.326 e. The van der Waals surface area contributed by atoms with Crippen LogP contribution in [-0.4, -0.2) is 47.2 Å². The molecular formula is C24H27N3O5S2. The van der Waals surface area contributed by atoms with Crippen molar-refractivity contribution in [2.45, 2.75) is 29.6 Å². The molecule has 1 aliphatic rings. The van der Waals surface area contributed by atoms with E-state index in [-0.39, 0.29) is 22.2 Å². The van der Waals surface area contributed by atoms with Gasteiger partial charge in [-0.1, -0.05) is 36.4 Å². The predicted molar refractivity (Wildman–Crippen MR) is 131 cm³/mol. The summed E-state index contributed by atoms with van der Waals surface area (Å²) in [5.74, 6) is -0.881. The Bertz CT molecular complexity index is 1450. The Balaban J connectivity index is 1.53. The fourth-order valence-electron chi connectivity index (χ4n) is 4.11.